The van der Waals surface area contributed by atoms with Crippen molar-refractivity contribution in [3.8, 4) is 5.75 Å². The highest BCUT2D eigenvalue weighted by Crippen LogP contribution is 2.37. The summed E-state index contributed by atoms with van der Waals surface area (Å²) in [5, 5.41) is 10.2. The quantitative estimate of drug-likeness (QED) is 0.633. The van der Waals surface area contributed by atoms with E-state index in [1.807, 2.05) is 0 Å². The van der Waals surface area contributed by atoms with E-state index in [1.54, 1.807) is 18.2 Å². The van der Waals surface area contributed by atoms with E-state index in [0.29, 0.717) is 29.2 Å². The fraction of sp³-hybridized carbons (Fsp3) is 0.278. The molecule has 0 fully saturated rings. The topological polar surface area (TPSA) is 75.8 Å². The number of urea groups is 1. The average Bonchev–Trinajstić information content (AvgIpc) is 3.02. The molecule has 2 aromatic carbocycles. The number of hydrogen-bond donors (Lipinski definition) is 2. The van der Waals surface area contributed by atoms with Crippen LogP contribution >= 0.6 is 0 Å². The van der Waals surface area contributed by atoms with Crippen molar-refractivity contribution < 1.29 is 27.9 Å². The van der Waals surface area contributed by atoms with Gasteiger partial charge in [-0.3, -0.25) is 5.21 Å². The summed E-state index contributed by atoms with van der Waals surface area (Å²) in [6.07, 6.45) is -3.15. The van der Waals surface area contributed by atoms with Crippen molar-refractivity contribution in [2.24, 2.45) is 5.73 Å². The first kappa shape index (κ1) is 18.1. The molecule has 0 aliphatic heterocycles. The van der Waals surface area contributed by atoms with Crippen LogP contribution in [0.4, 0.5) is 18.0 Å². The third-order valence-electron chi connectivity index (χ3n) is 4.37. The van der Waals surface area contributed by atoms with E-state index >= 15 is 0 Å². The molecule has 2 aromatic rings. The number of aryl methyl sites for hydroxylation is 1. The Morgan fingerprint density at radius 3 is 2.54 bits per heavy atom. The van der Waals surface area contributed by atoms with E-state index in [0.717, 1.165) is 23.3 Å². The van der Waals surface area contributed by atoms with Gasteiger partial charge in [0.1, 0.15) is 12.4 Å². The van der Waals surface area contributed by atoms with Crippen molar-refractivity contribution in [3.05, 3.63) is 64.7 Å². The molecule has 1 unspecified atom stereocenters. The molecule has 0 saturated carbocycles. The zero-order valence-electron chi connectivity index (χ0n) is 13.7. The van der Waals surface area contributed by atoms with Crippen molar-refractivity contribution in [2.45, 2.75) is 31.7 Å². The van der Waals surface area contributed by atoms with Gasteiger partial charge in [0.25, 0.3) is 0 Å². The van der Waals surface area contributed by atoms with Crippen LogP contribution in [0.1, 0.15) is 34.7 Å². The van der Waals surface area contributed by atoms with E-state index in [1.165, 1.54) is 12.1 Å². The maximum atomic E-state index is 12.6. The number of benzene rings is 2. The van der Waals surface area contributed by atoms with E-state index in [4.69, 9.17) is 10.5 Å². The second-order valence-electron chi connectivity index (χ2n) is 6.08. The standard InChI is InChI=1S/C18H17F3N2O3/c19-18(20,21)13-4-1-11(2-5-13)10-26-14-6-7-15-12(9-14)3-8-16(15)23(25)17(22)24/h1-2,4-7,9,16,25H,3,8,10H2,(H2,22,24). The van der Waals surface area contributed by atoms with Gasteiger partial charge in [-0.1, -0.05) is 18.2 Å². The Morgan fingerprint density at radius 2 is 1.92 bits per heavy atom. The molecule has 0 aromatic heterocycles. The van der Waals surface area contributed by atoms with Gasteiger partial charge in [-0.05, 0) is 53.8 Å². The van der Waals surface area contributed by atoms with Crippen LogP contribution in [0.2, 0.25) is 0 Å². The van der Waals surface area contributed by atoms with Gasteiger partial charge < -0.3 is 10.5 Å². The molecule has 1 aliphatic carbocycles. The number of nitrogens with two attached hydrogens (primary N) is 1. The number of fused-ring (bicyclic) bond motifs is 1. The minimum Gasteiger partial charge on any atom is -0.489 e. The van der Waals surface area contributed by atoms with Crippen molar-refractivity contribution in [1.29, 1.82) is 0 Å². The van der Waals surface area contributed by atoms with Crippen LogP contribution in [-0.2, 0) is 19.2 Å². The molecule has 26 heavy (non-hydrogen) atoms. The molecular formula is C18H17F3N2O3. The maximum absolute atomic E-state index is 12.6. The summed E-state index contributed by atoms with van der Waals surface area (Å²) in [5.41, 5.74) is 6.74. The van der Waals surface area contributed by atoms with Gasteiger partial charge in [-0.2, -0.15) is 18.2 Å². The molecule has 138 valence electrons. The largest absolute Gasteiger partial charge is 0.489 e. The van der Waals surface area contributed by atoms with Crippen LogP contribution in [0.5, 0.6) is 5.75 Å². The fourth-order valence-electron chi connectivity index (χ4n) is 3.03. The van der Waals surface area contributed by atoms with Gasteiger partial charge in [0.15, 0.2) is 0 Å². The first-order valence-corrected chi connectivity index (χ1v) is 7.95. The molecular weight excluding hydrogens is 349 g/mol. The molecule has 5 nitrogen and oxygen atoms in total. The zero-order chi connectivity index (χ0) is 18.9. The maximum Gasteiger partial charge on any atom is 0.416 e. The van der Waals surface area contributed by atoms with Crippen LogP contribution in [0, 0.1) is 0 Å². The lowest BCUT2D eigenvalue weighted by Gasteiger charge is -2.20. The van der Waals surface area contributed by atoms with Crippen molar-refractivity contribution in [2.75, 3.05) is 0 Å². The zero-order valence-corrected chi connectivity index (χ0v) is 13.7. The van der Waals surface area contributed by atoms with Crippen molar-refractivity contribution >= 4 is 6.03 Å². The third kappa shape index (κ3) is 3.75. The molecule has 0 saturated heterocycles. The second-order valence-corrected chi connectivity index (χ2v) is 6.08. The predicted octanol–water partition coefficient (Wildman–Crippen LogP) is 4.04. The van der Waals surface area contributed by atoms with Crippen LogP contribution in [0.3, 0.4) is 0 Å². The highest BCUT2D eigenvalue weighted by atomic mass is 19.4. The summed E-state index contributed by atoms with van der Waals surface area (Å²) in [4.78, 5) is 11.1. The first-order chi connectivity index (χ1) is 12.3. The van der Waals surface area contributed by atoms with Gasteiger partial charge in [-0.25, -0.2) is 4.79 Å². The van der Waals surface area contributed by atoms with Crippen molar-refractivity contribution in [1.82, 2.24) is 5.06 Å². The first-order valence-electron chi connectivity index (χ1n) is 7.95. The molecule has 2 amide bonds. The molecule has 0 radical (unpaired) electrons. The number of nitrogens with zero attached hydrogens (tertiary/aromatic N) is 1. The fourth-order valence-corrected chi connectivity index (χ4v) is 3.03. The highest BCUT2D eigenvalue weighted by molar-refractivity contribution is 5.71. The number of amides is 2. The number of halogens is 3. The lowest BCUT2D eigenvalue weighted by molar-refractivity contribution is -0.137. The third-order valence-corrected chi connectivity index (χ3v) is 4.37. The minimum absolute atomic E-state index is 0.133. The summed E-state index contributed by atoms with van der Waals surface area (Å²) in [6, 6.07) is 8.64. The minimum atomic E-state index is -4.36. The van der Waals surface area contributed by atoms with E-state index in [-0.39, 0.29) is 6.61 Å². The Labute approximate surface area is 147 Å². The molecule has 1 aliphatic rings. The number of ether oxygens (including phenoxy) is 1. The molecule has 0 heterocycles. The Bertz CT molecular complexity index is 806. The summed E-state index contributed by atoms with van der Waals surface area (Å²) < 4.78 is 43.3. The van der Waals surface area contributed by atoms with Gasteiger partial charge in [-0.15, -0.1) is 0 Å². The van der Waals surface area contributed by atoms with Gasteiger partial charge in [0, 0.05) is 0 Å². The number of primary amides is 1. The Balaban J connectivity index is 1.66. The number of rotatable bonds is 4. The SMILES string of the molecule is NC(=O)N(O)C1CCc2cc(OCc3ccc(C(F)(F)F)cc3)ccc21. The average molecular weight is 366 g/mol. The van der Waals surface area contributed by atoms with Crippen molar-refractivity contribution in [3.63, 3.8) is 0 Å². The van der Waals surface area contributed by atoms with Crippen LogP contribution in [0.15, 0.2) is 42.5 Å². The summed E-state index contributed by atoms with van der Waals surface area (Å²) in [5.74, 6) is 0.563. The number of carbonyl (C=O) groups excluding carboxylic acids is 1. The Hall–Kier alpha value is -2.74. The number of hydroxylamine groups is 2. The van der Waals surface area contributed by atoms with E-state index in [2.05, 4.69) is 0 Å². The Morgan fingerprint density at radius 1 is 1.23 bits per heavy atom. The van der Waals surface area contributed by atoms with E-state index in [9.17, 15) is 23.2 Å². The van der Waals surface area contributed by atoms with E-state index < -0.39 is 23.8 Å². The lowest BCUT2D eigenvalue weighted by atomic mass is 10.1. The Kier molecular flexibility index (Phi) is 4.78. The van der Waals surface area contributed by atoms with Crippen LogP contribution < -0.4 is 10.5 Å². The lowest BCUT2D eigenvalue weighted by Crippen LogP contribution is -2.35. The van der Waals surface area contributed by atoms with Crippen LogP contribution in [-0.4, -0.2) is 16.3 Å². The molecule has 0 bridgehead atoms. The molecule has 3 rings (SSSR count). The number of carbonyl (C=O) groups is 1. The number of alkyl halides is 3. The molecule has 1 atom stereocenters. The smallest absolute Gasteiger partial charge is 0.416 e. The molecule has 3 N–H and O–H groups in total. The van der Waals surface area contributed by atoms with Crippen LogP contribution in [0.25, 0.3) is 0 Å². The van der Waals surface area contributed by atoms with Gasteiger partial charge in [0.2, 0.25) is 0 Å². The summed E-state index contributed by atoms with van der Waals surface area (Å²) in [6.45, 7) is 0.133. The highest BCUT2D eigenvalue weighted by Gasteiger charge is 2.30. The van der Waals surface area contributed by atoms with Gasteiger partial charge in [0.05, 0.1) is 11.6 Å². The molecule has 8 heteroatoms. The molecule has 0 spiro atoms. The second kappa shape index (κ2) is 6.87. The van der Waals surface area contributed by atoms with Gasteiger partial charge >= 0.3 is 12.2 Å². The summed E-state index contributed by atoms with van der Waals surface area (Å²) >= 11 is 0. The monoisotopic (exact) mass is 366 g/mol. The number of hydrogen-bond acceptors (Lipinski definition) is 3. The normalized spacial score (nSPS) is 16.2. The predicted molar refractivity (Wildman–Crippen MR) is 86.5 cm³/mol. The summed E-state index contributed by atoms with van der Waals surface area (Å²) in [7, 11) is 0.